The van der Waals surface area contributed by atoms with Crippen molar-refractivity contribution < 1.29 is 0 Å². The van der Waals surface area contributed by atoms with Crippen LogP contribution in [0.2, 0.25) is 0 Å². The highest BCUT2D eigenvalue weighted by atomic mass is 32.2. The molecule has 0 unspecified atom stereocenters. The summed E-state index contributed by atoms with van der Waals surface area (Å²) < 4.78 is 0. The Balaban J connectivity index is 2.31. The predicted octanol–water partition coefficient (Wildman–Crippen LogP) is 4.76. The Kier molecular flexibility index (Phi) is 5.64. The summed E-state index contributed by atoms with van der Waals surface area (Å²) in [5.74, 6) is 0.471. The van der Waals surface area contributed by atoms with Crippen molar-refractivity contribution in [2.24, 2.45) is 0 Å². The minimum atomic E-state index is 0.471. The lowest BCUT2D eigenvalue weighted by atomic mass is 10.1. The maximum Gasteiger partial charge on any atom is 0.123 e. The van der Waals surface area contributed by atoms with Crippen molar-refractivity contribution in [3.05, 3.63) is 34.8 Å². The zero-order chi connectivity index (χ0) is 14.5. The minimum absolute atomic E-state index is 0.471. The summed E-state index contributed by atoms with van der Waals surface area (Å²) in [7, 11) is 0. The number of thioether (sulfide) groups is 1. The van der Waals surface area contributed by atoms with Crippen LogP contribution >= 0.6 is 23.1 Å². The van der Waals surface area contributed by atoms with E-state index >= 15 is 0 Å². The quantitative estimate of drug-likeness (QED) is 0.779. The number of aromatic nitrogens is 1. The largest absolute Gasteiger partial charge is 0.312 e. The zero-order valence-electron chi connectivity index (χ0n) is 12.6. The van der Waals surface area contributed by atoms with Crippen molar-refractivity contribution in [2.75, 3.05) is 12.8 Å². The normalized spacial score (nSPS) is 11.2. The number of nitrogens with one attached hydrogen (secondary N) is 1. The molecule has 0 radical (unpaired) electrons. The van der Waals surface area contributed by atoms with Crippen LogP contribution < -0.4 is 5.32 Å². The molecule has 1 heterocycles. The molecule has 2 aromatic rings. The van der Waals surface area contributed by atoms with Crippen molar-refractivity contribution in [2.45, 2.75) is 38.1 Å². The van der Waals surface area contributed by atoms with Crippen molar-refractivity contribution in [1.82, 2.24) is 10.3 Å². The van der Waals surface area contributed by atoms with E-state index in [1.807, 2.05) is 11.3 Å². The van der Waals surface area contributed by atoms with Gasteiger partial charge in [-0.1, -0.05) is 32.9 Å². The first-order valence-electron chi connectivity index (χ1n) is 7.00. The molecule has 1 N–H and O–H groups in total. The minimum Gasteiger partial charge on any atom is -0.312 e. The Morgan fingerprint density at radius 3 is 2.50 bits per heavy atom. The lowest BCUT2D eigenvalue weighted by molar-refractivity contribution is 0.714. The number of hydrogen-bond acceptors (Lipinski definition) is 4. The highest BCUT2D eigenvalue weighted by Crippen LogP contribution is 2.32. The van der Waals surface area contributed by atoms with E-state index in [1.54, 1.807) is 11.8 Å². The van der Waals surface area contributed by atoms with Crippen LogP contribution in [0.1, 0.15) is 37.3 Å². The fourth-order valence-corrected chi connectivity index (χ4v) is 3.64. The Labute approximate surface area is 130 Å². The van der Waals surface area contributed by atoms with Crippen LogP contribution in [0.3, 0.4) is 0 Å². The molecule has 108 valence electrons. The number of hydrogen-bond donors (Lipinski definition) is 1. The van der Waals surface area contributed by atoms with Gasteiger partial charge in [-0.15, -0.1) is 23.1 Å². The molecule has 0 aliphatic carbocycles. The van der Waals surface area contributed by atoms with Gasteiger partial charge in [-0.2, -0.15) is 0 Å². The van der Waals surface area contributed by atoms with Crippen molar-refractivity contribution >= 4 is 23.1 Å². The lowest BCUT2D eigenvalue weighted by Gasteiger charge is -2.04. The third kappa shape index (κ3) is 3.62. The summed E-state index contributed by atoms with van der Waals surface area (Å²) in [6.45, 7) is 8.48. The van der Waals surface area contributed by atoms with Crippen LogP contribution in [0.5, 0.6) is 0 Å². The van der Waals surface area contributed by atoms with Crippen LogP contribution in [0.15, 0.2) is 29.2 Å². The van der Waals surface area contributed by atoms with Gasteiger partial charge in [-0.3, -0.25) is 0 Å². The summed E-state index contributed by atoms with van der Waals surface area (Å²) in [6.07, 6.45) is 2.10. The van der Waals surface area contributed by atoms with Gasteiger partial charge in [0.25, 0.3) is 0 Å². The van der Waals surface area contributed by atoms with Gasteiger partial charge >= 0.3 is 0 Å². The van der Waals surface area contributed by atoms with Gasteiger partial charge < -0.3 is 5.32 Å². The summed E-state index contributed by atoms with van der Waals surface area (Å²) in [5, 5.41) is 4.54. The molecule has 20 heavy (non-hydrogen) atoms. The average Bonchev–Trinajstić information content (AvgIpc) is 2.89. The van der Waals surface area contributed by atoms with Crippen LogP contribution in [0.4, 0.5) is 0 Å². The fraction of sp³-hybridized carbons (Fsp3) is 0.438. The fourth-order valence-electron chi connectivity index (χ4n) is 2.04. The molecule has 1 aromatic heterocycles. The first kappa shape index (κ1) is 15.5. The molecular formula is C16H22N2S2. The van der Waals surface area contributed by atoms with Gasteiger partial charge in [0.1, 0.15) is 5.01 Å². The Hall–Kier alpha value is -0.840. The van der Waals surface area contributed by atoms with E-state index in [9.17, 15) is 0 Å². The molecule has 4 heteroatoms. The van der Waals surface area contributed by atoms with Gasteiger partial charge in [0, 0.05) is 21.9 Å². The Morgan fingerprint density at radius 2 is 1.95 bits per heavy atom. The number of rotatable bonds is 6. The van der Waals surface area contributed by atoms with Gasteiger partial charge in [0.2, 0.25) is 0 Å². The Morgan fingerprint density at radius 1 is 1.25 bits per heavy atom. The Bertz CT molecular complexity index is 544. The van der Waals surface area contributed by atoms with E-state index in [-0.39, 0.29) is 0 Å². The van der Waals surface area contributed by atoms with Crippen LogP contribution in [-0.2, 0) is 6.54 Å². The highest BCUT2D eigenvalue weighted by Gasteiger charge is 2.14. The van der Waals surface area contributed by atoms with E-state index in [4.69, 9.17) is 4.98 Å². The molecule has 0 aliphatic rings. The monoisotopic (exact) mass is 306 g/mol. The van der Waals surface area contributed by atoms with Gasteiger partial charge in [-0.05, 0) is 30.9 Å². The summed E-state index contributed by atoms with van der Waals surface area (Å²) in [6, 6.07) is 8.68. The molecule has 0 aliphatic heterocycles. The highest BCUT2D eigenvalue weighted by molar-refractivity contribution is 7.98. The molecule has 0 amide bonds. The van der Waals surface area contributed by atoms with E-state index in [2.05, 4.69) is 56.6 Å². The second-order valence-corrected chi connectivity index (χ2v) is 6.95. The molecule has 0 saturated heterocycles. The maximum atomic E-state index is 4.86. The molecule has 0 bridgehead atoms. The summed E-state index contributed by atoms with van der Waals surface area (Å²) in [5.41, 5.74) is 2.46. The third-order valence-electron chi connectivity index (χ3n) is 3.15. The third-order valence-corrected chi connectivity index (χ3v) is 5.01. The first-order chi connectivity index (χ1) is 9.65. The average molecular weight is 307 g/mol. The number of benzene rings is 1. The van der Waals surface area contributed by atoms with Crippen LogP contribution in [-0.4, -0.2) is 17.8 Å². The molecule has 1 aromatic carbocycles. The summed E-state index contributed by atoms with van der Waals surface area (Å²) in [4.78, 5) is 7.52. The van der Waals surface area contributed by atoms with Crippen molar-refractivity contribution in [3.8, 4) is 10.6 Å². The van der Waals surface area contributed by atoms with E-state index < -0.39 is 0 Å². The van der Waals surface area contributed by atoms with Gasteiger partial charge in [0.15, 0.2) is 0 Å². The van der Waals surface area contributed by atoms with Crippen molar-refractivity contribution in [1.29, 1.82) is 0 Å². The van der Waals surface area contributed by atoms with E-state index in [0.29, 0.717) is 5.92 Å². The lowest BCUT2D eigenvalue weighted by Crippen LogP contribution is -2.12. The van der Waals surface area contributed by atoms with E-state index in [1.165, 1.54) is 21.0 Å². The van der Waals surface area contributed by atoms with Crippen molar-refractivity contribution in [3.63, 3.8) is 0 Å². The second-order valence-electron chi connectivity index (χ2n) is 4.99. The molecular weight excluding hydrogens is 284 g/mol. The van der Waals surface area contributed by atoms with Crippen LogP contribution in [0.25, 0.3) is 10.6 Å². The summed E-state index contributed by atoms with van der Waals surface area (Å²) >= 11 is 3.58. The maximum absolute atomic E-state index is 4.86. The molecule has 0 spiro atoms. The molecule has 2 rings (SSSR count). The molecule has 0 atom stereocenters. The SMILES string of the molecule is CCNCc1sc(-c2ccc(SC)cc2)nc1C(C)C. The van der Waals surface area contributed by atoms with Crippen LogP contribution in [0, 0.1) is 0 Å². The smallest absolute Gasteiger partial charge is 0.123 e. The predicted molar refractivity (Wildman–Crippen MR) is 90.8 cm³/mol. The molecule has 0 fully saturated rings. The number of thiazole rings is 1. The van der Waals surface area contributed by atoms with Gasteiger partial charge in [0.05, 0.1) is 5.69 Å². The van der Waals surface area contributed by atoms with Gasteiger partial charge in [-0.25, -0.2) is 4.98 Å². The van der Waals surface area contributed by atoms with E-state index in [0.717, 1.165) is 18.1 Å². The molecule has 0 saturated carbocycles. The second kappa shape index (κ2) is 7.25. The topological polar surface area (TPSA) is 24.9 Å². The zero-order valence-corrected chi connectivity index (χ0v) is 14.2. The number of nitrogens with zero attached hydrogens (tertiary/aromatic N) is 1. The standard InChI is InChI=1S/C16H22N2S2/c1-5-17-10-14-15(11(2)3)18-16(20-14)12-6-8-13(19-4)9-7-12/h6-9,11,17H,5,10H2,1-4H3. The molecule has 2 nitrogen and oxygen atoms in total. The first-order valence-corrected chi connectivity index (χ1v) is 9.04.